The Balaban J connectivity index is 3.04. The highest BCUT2D eigenvalue weighted by molar-refractivity contribution is 14.1. The molecule has 0 aliphatic heterocycles. The van der Waals surface area contributed by atoms with Crippen molar-refractivity contribution in [2.24, 2.45) is 0 Å². The molecule has 1 aromatic carbocycles. The molecular formula is C14H16INO2. The van der Waals surface area contributed by atoms with Crippen LogP contribution < -0.4 is 0 Å². The summed E-state index contributed by atoms with van der Waals surface area (Å²) in [5.41, 5.74) is 1.08. The molecule has 0 radical (unpaired) electrons. The highest BCUT2D eigenvalue weighted by Crippen LogP contribution is 2.26. The van der Waals surface area contributed by atoms with Crippen molar-refractivity contribution in [3.8, 4) is 0 Å². The molecular weight excluding hydrogens is 341 g/mol. The molecule has 0 aromatic heterocycles. The first-order valence-corrected chi connectivity index (χ1v) is 6.82. The van der Waals surface area contributed by atoms with Gasteiger partial charge in [0.05, 0.1) is 6.57 Å². The molecule has 0 aliphatic rings. The number of aryl methyl sites for hydroxylation is 1. The van der Waals surface area contributed by atoms with E-state index in [9.17, 15) is 9.90 Å². The van der Waals surface area contributed by atoms with Crippen LogP contribution in [0.25, 0.3) is 4.85 Å². The van der Waals surface area contributed by atoms with Gasteiger partial charge in [-0.3, -0.25) is 4.79 Å². The Morgan fingerprint density at radius 2 is 2.17 bits per heavy atom. The molecule has 0 saturated carbocycles. The van der Waals surface area contributed by atoms with Gasteiger partial charge < -0.3 is 5.11 Å². The van der Waals surface area contributed by atoms with Crippen LogP contribution in [0.4, 0.5) is 5.69 Å². The van der Waals surface area contributed by atoms with Crippen molar-refractivity contribution in [3.05, 3.63) is 38.2 Å². The van der Waals surface area contributed by atoms with E-state index >= 15 is 0 Å². The topological polar surface area (TPSA) is 41.7 Å². The lowest BCUT2D eigenvalue weighted by Crippen LogP contribution is -2.35. The van der Waals surface area contributed by atoms with Crippen LogP contribution in [0.3, 0.4) is 0 Å². The zero-order valence-electron chi connectivity index (χ0n) is 10.7. The van der Waals surface area contributed by atoms with Crippen LogP contribution in [0.15, 0.2) is 12.1 Å². The van der Waals surface area contributed by atoms with Crippen molar-refractivity contribution >= 4 is 34.1 Å². The summed E-state index contributed by atoms with van der Waals surface area (Å²) in [5.74, 6) is -0.183. The lowest BCUT2D eigenvalue weighted by atomic mass is 9.92. The fraction of sp³-hybridized carbons (Fsp3) is 0.429. The van der Waals surface area contributed by atoms with E-state index in [1.807, 2.05) is 13.0 Å². The van der Waals surface area contributed by atoms with E-state index in [0.29, 0.717) is 12.1 Å². The standard InChI is InChI=1S/C14H16INO2/c1-5-14(3,18)13(17)7-10-6-9(2)12(16-4)8-11(10)15/h6,8,18H,5,7H2,1-3H3/t14-/m0/s1. The Hall–Kier alpha value is -0.930. The smallest absolute Gasteiger partial charge is 0.191 e. The number of carbonyl (C=O) groups excluding carboxylic acids is 1. The Morgan fingerprint density at radius 1 is 1.56 bits per heavy atom. The summed E-state index contributed by atoms with van der Waals surface area (Å²) < 4.78 is 0.893. The molecule has 0 saturated heterocycles. The second-order valence-corrected chi connectivity index (χ2v) is 5.73. The highest BCUT2D eigenvalue weighted by atomic mass is 127. The summed E-state index contributed by atoms with van der Waals surface area (Å²) >= 11 is 2.12. The molecule has 4 heteroatoms. The van der Waals surface area contributed by atoms with Gasteiger partial charge in [-0.25, -0.2) is 4.85 Å². The summed E-state index contributed by atoms with van der Waals surface area (Å²) in [6, 6.07) is 3.64. The lowest BCUT2D eigenvalue weighted by Gasteiger charge is -2.20. The van der Waals surface area contributed by atoms with Crippen molar-refractivity contribution in [2.75, 3.05) is 0 Å². The third kappa shape index (κ3) is 3.30. The van der Waals surface area contributed by atoms with Crippen LogP contribution in [0.1, 0.15) is 31.4 Å². The number of rotatable bonds is 4. The van der Waals surface area contributed by atoms with Crippen LogP contribution in [0.5, 0.6) is 0 Å². The molecule has 96 valence electrons. The zero-order valence-corrected chi connectivity index (χ0v) is 12.9. The summed E-state index contributed by atoms with van der Waals surface area (Å²) in [5, 5.41) is 9.91. The van der Waals surface area contributed by atoms with Gasteiger partial charge in [0.25, 0.3) is 0 Å². The molecule has 0 spiro atoms. The second kappa shape index (κ2) is 5.81. The average Bonchev–Trinajstić information content (AvgIpc) is 2.33. The van der Waals surface area contributed by atoms with E-state index < -0.39 is 5.60 Å². The molecule has 1 N–H and O–H groups in total. The van der Waals surface area contributed by atoms with Gasteiger partial charge >= 0.3 is 0 Å². The van der Waals surface area contributed by atoms with Gasteiger partial charge in [-0.15, -0.1) is 0 Å². The van der Waals surface area contributed by atoms with Crippen LogP contribution >= 0.6 is 22.6 Å². The average molecular weight is 357 g/mol. The van der Waals surface area contributed by atoms with E-state index in [-0.39, 0.29) is 12.2 Å². The van der Waals surface area contributed by atoms with Crippen LogP contribution in [0.2, 0.25) is 0 Å². The first-order chi connectivity index (χ1) is 8.31. The van der Waals surface area contributed by atoms with Gasteiger partial charge in [-0.05, 0) is 60.1 Å². The second-order valence-electron chi connectivity index (χ2n) is 4.57. The zero-order chi connectivity index (χ0) is 13.9. The molecule has 0 aliphatic carbocycles. The maximum atomic E-state index is 12.0. The molecule has 1 aromatic rings. The highest BCUT2D eigenvalue weighted by Gasteiger charge is 2.28. The number of aliphatic hydroxyl groups is 1. The fourth-order valence-corrected chi connectivity index (χ4v) is 2.19. The predicted molar refractivity (Wildman–Crippen MR) is 79.8 cm³/mol. The molecule has 3 nitrogen and oxygen atoms in total. The molecule has 1 rings (SSSR count). The SMILES string of the molecule is [C-]#[N+]c1cc(I)c(CC(=O)[C@@](C)(O)CC)cc1C. The molecule has 0 fully saturated rings. The fourth-order valence-electron chi connectivity index (χ4n) is 1.55. The Morgan fingerprint density at radius 3 is 2.67 bits per heavy atom. The van der Waals surface area contributed by atoms with Crippen molar-refractivity contribution < 1.29 is 9.90 Å². The minimum atomic E-state index is -1.27. The molecule has 0 unspecified atom stereocenters. The van der Waals surface area contributed by atoms with Gasteiger partial charge in [0.15, 0.2) is 11.5 Å². The van der Waals surface area contributed by atoms with Gasteiger partial charge in [0.2, 0.25) is 0 Å². The van der Waals surface area contributed by atoms with Gasteiger partial charge in [-0.1, -0.05) is 13.0 Å². The van der Waals surface area contributed by atoms with E-state index in [1.54, 1.807) is 19.9 Å². The first-order valence-electron chi connectivity index (χ1n) is 5.74. The molecule has 1 atom stereocenters. The van der Waals surface area contributed by atoms with E-state index in [1.165, 1.54) is 0 Å². The number of ketones is 1. The summed E-state index contributed by atoms with van der Waals surface area (Å²) in [6.07, 6.45) is 0.611. The number of nitrogens with zero attached hydrogens (tertiary/aromatic N) is 1. The van der Waals surface area contributed by atoms with Crippen LogP contribution in [-0.2, 0) is 11.2 Å². The summed E-state index contributed by atoms with van der Waals surface area (Å²) in [7, 11) is 0. The van der Waals surface area contributed by atoms with E-state index in [4.69, 9.17) is 6.57 Å². The number of halogens is 1. The summed E-state index contributed by atoms with van der Waals surface area (Å²) in [6.45, 7) is 12.2. The number of hydrogen-bond acceptors (Lipinski definition) is 2. The van der Waals surface area contributed by atoms with Gasteiger partial charge in [0.1, 0.15) is 5.60 Å². The first kappa shape index (κ1) is 15.1. The largest absolute Gasteiger partial charge is 0.382 e. The van der Waals surface area contributed by atoms with Crippen LogP contribution in [0, 0.1) is 17.1 Å². The number of benzene rings is 1. The van der Waals surface area contributed by atoms with Crippen molar-refractivity contribution in [2.45, 2.75) is 39.2 Å². The lowest BCUT2D eigenvalue weighted by molar-refractivity contribution is -0.135. The monoisotopic (exact) mass is 357 g/mol. The predicted octanol–water partition coefficient (Wildman–Crippen LogP) is 3.42. The minimum Gasteiger partial charge on any atom is -0.382 e. The molecule has 0 bridgehead atoms. The maximum absolute atomic E-state index is 12.0. The summed E-state index contributed by atoms with van der Waals surface area (Å²) in [4.78, 5) is 15.4. The maximum Gasteiger partial charge on any atom is 0.191 e. The van der Waals surface area contributed by atoms with Gasteiger partial charge in [-0.2, -0.15) is 0 Å². The van der Waals surface area contributed by atoms with Crippen molar-refractivity contribution in [1.29, 1.82) is 0 Å². The Labute approximate surface area is 121 Å². The number of carbonyl (C=O) groups is 1. The van der Waals surface area contributed by atoms with Gasteiger partial charge in [0, 0.05) is 9.99 Å². The number of hydrogen-bond donors (Lipinski definition) is 1. The quantitative estimate of drug-likeness (QED) is 0.663. The molecule has 0 amide bonds. The Kier molecular flexibility index (Phi) is 4.88. The molecule has 0 heterocycles. The third-order valence-corrected chi connectivity index (χ3v) is 4.13. The van der Waals surface area contributed by atoms with Crippen molar-refractivity contribution in [1.82, 2.24) is 0 Å². The van der Waals surface area contributed by atoms with Crippen molar-refractivity contribution in [3.63, 3.8) is 0 Å². The minimum absolute atomic E-state index is 0.183. The van der Waals surface area contributed by atoms with E-state index in [0.717, 1.165) is 14.7 Å². The molecule has 18 heavy (non-hydrogen) atoms. The third-order valence-electron chi connectivity index (χ3n) is 3.13. The number of Topliss-reactive ketones (excluding diaryl/α,β-unsaturated/α-hetero) is 1. The van der Waals surface area contributed by atoms with E-state index in [2.05, 4.69) is 27.4 Å². The van der Waals surface area contributed by atoms with Crippen LogP contribution in [-0.4, -0.2) is 16.5 Å². The Bertz CT molecular complexity index is 515. The normalized spacial score (nSPS) is 13.8.